The summed E-state index contributed by atoms with van der Waals surface area (Å²) in [5.74, 6) is 1.97. The molecule has 1 amide bonds. The van der Waals surface area contributed by atoms with Gasteiger partial charge < -0.3 is 15.8 Å². The van der Waals surface area contributed by atoms with E-state index in [0.717, 1.165) is 25.4 Å². The van der Waals surface area contributed by atoms with Gasteiger partial charge in [-0.3, -0.25) is 4.79 Å². The van der Waals surface area contributed by atoms with E-state index in [1.54, 1.807) is 0 Å². The number of halogens is 1. The lowest BCUT2D eigenvalue weighted by Gasteiger charge is -2.45. The summed E-state index contributed by atoms with van der Waals surface area (Å²) in [6.45, 7) is 0.994. The largest absolute Gasteiger partial charge is 0.371 e. The van der Waals surface area contributed by atoms with E-state index in [1.807, 2.05) is 0 Å². The first-order valence-electron chi connectivity index (χ1n) is 7.85. The molecular formula is C15H27ClN2O2. The maximum atomic E-state index is 12.0. The highest BCUT2D eigenvalue weighted by molar-refractivity contribution is 5.85. The summed E-state index contributed by atoms with van der Waals surface area (Å²) >= 11 is 0. The van der Waals surface area contributed by atoms with E-state index in [1.165, 1.54) is 32.1 Å². The fourth-order valence-electron chi connectivity index (χ4n) is 3.86. The molecular weight excluding hydrogens is 276 g/mol. The lowest BCUT2D eigenvalue weighted by Crippen LogP contribution is -2.54. The van der Waals surface area contributed by atoms with E-state index in [2.05, 4.69) is 5.32 Å². The summed E-state index contributed by atoms with van der Waals surface area (Å²) in [4.78, 5) is 12.0. The van der Waals surface area contributed by atoms with Gasteiger partial charge in [0.25, 0.3) is 0 Å². The van der Waals surface area contributed by atoms with Crippen molar-refractivity contribution in [2.24, 2.45) is 23.5 Å². The second-order valence-electron chi connectivity index (χ2n) is 6.73. The van der Waals surface area contributed by atoms with Gasteiger partial charge in [0.05, 0.1) is 6.61 Å². The maximum Gasteiger partial charge on any atom is 0.246 e. The monoisotopic (exact) mass is 302 g/mol. The van der Waals surface area contributed by atoms with Crippen LogP contribution in [0.25, 0.3) is 0 Å². The molecule has 3 saturated carbocycles. The Morgan fingerprint density at radius 2 is 1.80 bits per heavy atom. The molecule has 3 N–H and O–H groups in total. The van der Waals surface area contributed by atoms with Crippen LogP contribution in [0.4, 0.5) is 0 Å². The predicted molar refractivity (Wildman–Crippen MR) is 80.8 cm³/mol. The summed E-state index contributed by atoms with van der Waals surface area (Å²) in [6, 6.07) is 0.695. The van der Waals surface area contributed by atoms with Crippen molar-refractivity contribution in [1.29, 1.82) is 0 Å². The molecule has 0 aromatic rings. The Morgan fingerprint density at radius 1 is 1.15 bits per heavy atom. The standard InChI is InChI=1S/C15H26N2O2.ClH/c16-13-6-11-2-1-3-12(7-13)15(11)17-14(18)9-19-8-10-4-5-10;/h10-13,15H,1-9,16H2,(H,17,18);1H. The average Bonchev–Trinajstić information content (AvgIpc) is 3.14. The Morgan fingerprint density at radius 3 is 2.40 bits per heavy atom. The van der Waals surface area contributed by atoms with Crippen LogP contribution in [0.1, 0.15) is 44.9 Å². The molecule has 3 fully saturated rings. The summed E-state index contributed by atoms with van der Waals surface area (Å²) in [5, 5.41) is 3.22. The maximum absolute atomic E-state index is 12.0. The molecule has 3 aliphatic rings. The molecule has 4 nitrogen and oxygen atoms in total. The summed E-state index contributed by atoms with van der Waals surface area (Å²) < 4.78 is 5.47. The molecule has 2 bridgehead atoms. The van der Waals surface area contributed by atoms with Gasteiger partial charge in [0.15, 0.2) is 0 Å². The second-order valence-corrected chi connectivity index (χ2v) is 6.73. The molecule has 3 aliphatic carbocycles. The molecule has 116 valence electrons. The summed E-state index contributed by atoms with van der Waals surface area (Å²) in [6.07, 6.45) is 8.43. The Balaban J connectivity index is 0.00000147. The number of fused-ring (bicyclic) bond motifs is 2. The van der Waals surface area contributed by atoms with Gasteiger partial charge in [-0.25, -0.2) is 0 Å². The predicted octanol–water partition coefficient (Wildman–Crippen LogP) is 1.86. The van der Waals surface area contributed by atoms with E-state index in [-0.39, 0.29) is 24.9 Å². The average molecular weight is 303 g/mol. The van der Waals surface area contributed by atoms with Crippen LogP contribution in [0.15, 0.2) is 0 Å². The van der Waals surface area contributed by atoms with Gasteiger partial charge in [-0.1, -0.05) is 6.42 Å². The van der Waals surface area contributed by atoms with Crippen LogP contribution in [0, 0.1) is 17.8 Å². The number of ether oxygens (including phenoxy) is 1. The Hall–Kier alpha value is -0.320. The van der Waals surface area contributed by atoms with Crippen LogP contribution in [-0.2, 0) is 9.53 Å². The molecule has 0 saturated heterocycles. The first kappa shape index (κ1) is 16.1. The van der Waals surface area contributed by atoms with Crippen molar-refractivity contribution in [1.82, 2.24) is 5.32 Å². The highest BCUT2D eigenvalue weighted by atomic mass is 35.5. The molecule has 2 unspecified atom stereocenters. The number of nitrogens with one attached hydrogen (secondary N) is 1. The fourth-order valence-corrected chi connectivity index (χ4v) is 3.86. The van der Waals surface area contributed by atoms with Crippen LogP contribution < -0.4 is 11.1 Å². The minimum absolute atomic E-state index is 0. The number of carbonyl (C=O) groups excluding carboxylic acids is 1. The number of hydrogen-bond acceptors (Lipinski definition) is 3. The van der Waals surface area contributed by atoms with Crippen LogP contribution in [-0.4, -0.2) is 31.2 Å². The van der Waals surface area contributed by atoms with Crippen molar-refractivity contribution in [3.05, 3.63) is 0 Å². The lowest BCUT2D eigenvalue weighted by molar-refractivity contribution is -0.128. The summed E-state index contributed by atoms with van der Waals surface area (Å²) in [7, 11) is 0. The molecule has 3 rings (SSSR count). The molecule has 0 aromatic heterocycles. The second kappa shape index (κ2) is 7.10. The van der Waals surface area contributed by atoms with Crippen LogP contribution >= 0.6 is 12.4 Å². The number of hydrogen-bond donors (Lipinski definition) is 2. The number of nitrogens with two attached hydrogens (primary N) is 1. The Kier molecular flexibility index (Phi) is 5.70. The van der Waals surface area contributed by atoms with Crippen LogP contribution in [0.5, 0.6) is 0 Å². The smallest absolute Gasteiger partial charge is 0.246 e. The first-order valence-corrected chi connectivity index (χ1v) is 7.85. The number of amides is 1. The lowest BCUT2D eigenvalue weighted by atomic mass is 9.67. The van der Waals surface area contributed by atoms with Gasteiger partial charge in [-0.05, 0) is 56.3 Å². The third kappa shape index (κ3) is 4.09. The quantitative estimate of drug-likeness (QED) is 0.815. The zero-order chi connectivity index (χ0) is 13.2. The van der Waals surface area contributed by atoms with Gasteiger partial charge in [0.1, 0.15) is 6.61 Å². The molecule has 0 radical (unpaired) electrons. The van der Waals surface area contributed by atoms with E-state index < -0.39 is 0 Å². The van der Waals surface area contributed by atoms with Crippen molar-refractivity contribution in [3.8, 4) is 0 Å². The number of carbonyl (C=O) groups is 1. The van der Waals surface area contributed by atoms with Gasteiger partial charge >= 0.3 is 0 Å². The molecule has 20 heavy (non-hydrogen) atoms. The minimum Gasteiger partial charge on any atom is -0.371 e. The third-order valence-electron chi connectivity index (χ3n) is 4.99. The zero-order valence-corrected chi connectivity index (χ0v) is 12.9. The Bertz CT molecular complexity index is 322. The molecule has 0 aromatic carbocycles. The van der Waals surface area contributed by atoms with Gasteiger partial charge in [-0.2, -0.15) is 0 Å². The number of rotatable bonds is 5. The van der Waals surface area contributed by atoms with Crippen molar-refractivity contribution in [3.63, 3.8) is 0 Å². The summed E-state index contributed by atoms with van der Waals surface area (Å²) in [5.41, 5.74) is 6.10. The highest BCUT2D eigenvalue weighted by Gasteiger charge is 2.39. The normalized spacial score (nSPS) is 36.0. The molecule has 0 heterocycles. The minimum atomic E-state index is 0. The van der Waals surface area contributed by atoms with Crippen LogP contribution in [0.2, 0.25) is 0 Å². The van der Waals surface area contributed by atoms with E-state index in [0.29, 0.717) is 23.9 Å². The van der Waals surface area contributed by atoms with Crippen LogP contribution in [0.3, 0.4) is 0 Å². The van der Waals surface area contributed by atoms with E-state index in [9.17, 15) is 4.79 Å². The highest BCUT2D eigenvalue weighted by Crippen LogP contribution is 2.39. The van der Waals surface area contributed by atoms with Crippen molar-refractivity contribution >= 4 is 18.3 Å². The van der Waals surface area contributed by atoms with E-state index in [4.69, 9.17) is 10.5 Å². The molecule has 0 spiro atoms. The third-order valence-corrected chi connectivity index (χ3v) is 4.99. The molecule has 0 aliphatic heterocycles. The van der Waals surface area contributed by atoms with Gasteiger partial charge in [-0.15, -0.1) is 12.4 Å². The SMILES string of the molecule is Cl.NC1CC2CCCC(C1)C2NC(=O)COCC1CC1. The zero-order valence-electron chi connectivity index (χ0n) is 12.1. The fraction of sp³-hybridized carbons (Fsp3) is 0.933. The van der Waals surface area contributed by atoms with Crippen molar-refractivity contribution in [2.45, 2.75) is 57.0 Å². The topological polar surface area (TPSA) is 64.3 Å². The van der Waals surface area contributed by atoms with Gasteiger partial charge in [0.2, 0.25) is 5.91 Å². The Labute approximate surface area is 127 Å². The van der Waals surface area contributed by atoms with Crippen molar-refractivity contribution in [2.75, 3.05) is 13.2 Å². The first-order chi connectivity index (χ1) is 9.22. The molecule has 5 heteroatoms. The van der Waals surface area contributed by atoms with Gasteiger partial charge in [0, 0.05) is 12.1 Å². The van der Waals surface area contributed by atoms with Crippen molar-refractivity contribution < 1.29 is 9.53 Å². The molecule has 2 atom stereocenters. The van der Waals surface area contributed by atoms with E-state index >= 15 is 0 Å².